The fourth-order valence-corrected chi connectivity index (χ4v) is 2.71. The summed E-state index contributed by atoms with van der Waals surface area (Å²) in [7, 11) is 0. The van der Waals surface area contributed by atoms with E-state index in [9.17, 15) is 9.59 Å². The molecule has 2 rings (SSSR count). The molecule has 0 bridgehead atoms. The molecule has 0 radical (unpaired) electrons. The molecule has 1 amide bonds. The Morgan fingerprint density at radius 1 is 1.27 bits per heavy atom. The van der Waals surface area contributed by atoms with Gasteiger partial charge < -0.3 is 10.4 Å². The number of rotatable bonds is 6. The number of nitrogens with zero attached hydrogens (tertiary/aromatic N) is 2. The van der Waals surface area contributed by atoms with E-state index in [1.54, 1.807) is 0 Å². The topological polar surface area (TPSA) is 72.9 Å². The van der Waals surface area contributed by atoms with E-state index >= 15 is 0 Å². The van der Waals surface area contributed by atoms with Gasteiger partial charge in [-0.2, -0.15) is 0 Å². The molecule has 1 aromatic rings. The van der Waals surface area contributed by atoms with E-state index in [4.69, 9.17) is 5.11 Å². The SMILES string of the molecule is CC1CN(Cc2ccccc2)CCN1CC(=O)NCC(=O)O. The summed E-state index contributed by atoms with van der Waals surface area (Å²) in [5.41, 5.74) is 1.29. The minimum Gasteiger partial charge on any atom is -0.480 e. The molecular weight excluding hydrogens is 282 g/mol. The van der Waals surface area contributed by atoms with Crippen LogP contribution in [-0.4, -0.2) is 65.5 Å². The molecule has 22 heavy (non-hydrogen) atoms. The Balaban J connectivity index is 1.77. The van der Waals surface area contributed by atoms with Gasteiger partial charge in [0.15, 0.2) is 0 Å². The first-order chi connectivity index (χ1) is 10.5. The van der Waals surface area contributed by atoms with Crippen LogP contribution in [-0.2, 0) is 16.1 Å². The zero-order valence-corrected chi connectivity index (χ0v) is 12.9. The van der Waals surface area contributed by atoms with Crippen molar-refractivity contribution in [3.05, 3.63) is 35.9 Å². The number of amides is 1. The second-order valence-corrected chi connectivity index (χ2v) is 5.71. The Bertz CT molecular complexity index is 507. The molecule has 0 aliphatic carbocycles. The van der Waals surface area contributed by atoms with Gasteiger partial charge in [0.05, 0.1) is 6.54 Å². The number of aliphatic carboxylic acids is 1. The number of carboxylic acid groups (broad SMARTS) is 1. The maximum Gasteiger partial charge on any atom is 0.322 e. The van der Waals surface area contributed by atoms with Crippen LogP contribution in [0.25, 0.3) is 0 Å². The van der Waals surface area contributed by atoms with E-state index in [0.717, 1.165) is 26.2 Å². The highest BCUT2D eigenvalue weighted by atomic mass is 16.4. The van der Waals surface area contributed by atoms with Crippen LogP contribution in [0.3, 0.4) is 0 Å². The van der Waals surface area contributed by atoms with Crippen molar-refractivity contribution in [3.63, 3.8) is 0 Å². The van der Waals surface area contributed by atoms with Gasteiger partial charge in [-0.15, -0.1) is 0 Å². The lowest BCUT2D eigenvalue weighted by molar-refractivity contribution is -0.138. The Hall–Kier alpha value is -1.92. The van der Waals surface area contributed by atoms with E-state index in [2.05, 4.69) is 34.2 Å². The molecule has 1 fully saturated rings. The fourth-order valence-electron chi connectivity index (χ4n) is 2.71. The maximum absolute atomic E-state index is 11.7. The number of carboxylic acids is 1. The Morgan fingerprint density at radius 2 is 2.00 bits per heavy atom. The highest BCUT2D eigenvalue weighted by Crippen LogP contribution is 2.12. The van der Waals surface area contributed by atoms with Crippen molar-refractivity contribution in [2.45, 2.75) is 19.5 Å². The fraction of sp³-hybridized carbons (Fsp3) is 0.500. The zero-order valence-electron chi connectivity index (χ0n) is 12.9. The first kappa shape index (κ1) is 16.5. The van der Waals surface area contributed by atoms with Crippen molar-refractivity contribution in [2.24, 2.45) is 0 Å². The first-order valence-corrected chi connectivity index (χ1v) is 7.53. The van der Waals surface area contributed by atoms with Gasteiger partial charge in [0.25, 0.3) is 0 Å². The molecule has 2 N–H and O–H groups in total. The number of carbonyl (C=O) groups excluding carboxylic acids is 1. The number of hydrogen-bond acceptors (Lipinski definition) is 4. The number of hydrogen-bond donors (Lipinski definition) is 2. The maximum atomic E-state index is 11.7. The molecule has 1 saturated heterocycles. The van der Waals surface area contributed by atoms with Crippen LogP contribution in [0, 0.1) is 0 Å². The summed E-state index contributed by atoms with van der Waals surface area (Å²) in [5, 5.41) is 11.0. The lowest BCUT2D eigenvalue weighted by Gasteiger charge is -2.39. The molecule has 1 atom stereocenters. The van der Waals surface area contributed by atoms with Gasteiger partial charge in [-0.05, 0) is 12.5 Å². The lowest BCUT2D eigenvalue weighted by atomic mass is 10.1. The Morgan fingerprint density at radius 3 is 2.64 bits per heavy atom. The van der Waals surface area contributed by atoms with Crippen molar-refractivity contribution < 1.29 is 14.7 Å². The van der Waals surface area contributed by atoms with Crippen molar-refractivity contribution in [2.75, 3.05) is 32.7 Å². The Kier molecular flexibility index (Phi) is 5.91. The summed E-state index contributed by atoms with van der Waals surface area (Å²) in [6.07, 6.45) is 0. The van der Waals surface area contributed by atoms with Crippen LogP contribution in [0.15, 0.2) is 30.3 Å². The minimum atomic E-state index is -1.02. The van der Waals surface area contributed by atoms with E-state index < -0.39 is 5.97 Å². The van der Waals surface area contributed by atoms with Crippen LogP contribution in [0.4, 0.5) is 0 Å². The van der Waals surface area contributed by atoms with Crippen molar-refractivity contribution >= 4 is 11.9 Å². The highest BCUT2D eigenvalue weighted by molar-refractivity contribution is 5.82. The van der Waals surface area contributed by atoms with Crippen LogP contribution in [0.1, 0.15) is 12.5 Å². The Labute approximate surface area is 130 Å². The third-order valence-electron chi connectivity index (χ3n) is 3.88. The number of piperazine rings is 1. The van der Waals surface area contributed by atoms with Crippen molar-refractivity contribution in [1.29, 1.82) is 0 Å². The molecule has 1 aromatic carbocycles. The second kappa shape index (κ2) is 7.91. The predicted molar refractivity (Wildman–Crippen MR) is 83.4 cm³/mol. The van der Waals surface area contributed by atoms with Gasteiger partial charge in [-0.1, -0.05) is 30.3 Å². The van der Waals surface area contributed by atoms with E-state index in [1.807, 2.05) is 18.2 Å². The van der Waals surface area contributed by atoms with Crippen molar-refractivity contribution in [3.8, 4) is 0 Å². The number of carbonyl (C=O) groups is 2. The van der Waals surface area contributed by atoms with Crippen LogP contribution >= 0.6 is 0 Å². The molecule has 120 valence electrons. The molecule has 6 nitrogen and oxygen atoms in total. The van der Waals surface area contributed by atoms with Gasteiger partial charge >= 0.3 is 5.97 Å². The van der Waals surface area contributed by atoms with Gasteiger partial charge in [0.1, 0.15) is 6.54 Å². The monoisotopic (exact) mass is 305 g/mol. The van der Waals surface area contributed by atoms with E-state index in [-0.39, 0.29) is 25.0 Å². The molecule has 0 aromatic heterocycles. The summed E-state index contributed by atoms with van der Waals surface area (Å²) in [6, 6.07) is 10.6. The van der Waals surface area contributed by atoms with Gasteiger partial charge in [0, 0.05) is 32.2 Å². The number of nitrogens with one attached hydrogen (secondary N) is 1. The average molecular weight is 305 g/mol. The lowest BCUT2D eigenvalue weighted by Crippen LogP contribution is -2.54. The highest BCUT2D eigenvalue weighted by Gasteiger charge is 2.25. The molecule has 1 heterocycles. The number of benzene rings is 1. The first-order valence-electron chi connectivity index (χ1n) is 7.53. The van der Waals surface area contributed by atoms with Gasteiger partial charge in [-0.3, -0.25) is 19.4 Å². The normalized spacial score (nSPS) is 19.8. The molecule has 1 aliphatic heterocycles. The smallest absolute Gasteiger partial charge is 0.322 e. The molecular formula is C16H23N3O3. The predicted octanol–water partition coefficient (Wildman–Crippen LogP) is 0.394. The van der Waals surface area contributed by atoms with Gasteiger partial charge in [0.2, 0.25) is 5.91 Å². The van der Waals surface area contributed by atoms with E-state index in [1.165, 1.54) is 5.56 Å². The largest absolute Gasteiger partial charge is 0.480 e. The van der Waals surface area contributed by atoms with Crippen LogP contribution in [0.5, 0.6) is 0 Å². The van der Waals surface area contributed by atoms with Crippen molar-refractivity contribution in [1.82, 2.24) is 15.1 Å². The van der Waals surface area contributed by atoms with Crippen LogP contribution < -0.4 is 5.32 Å². The average Bonchev–Trinajstić information content (AvgIpc) is 2.49. The standard InChI is InChI=1S/C16H23N3O3/c1-13-10-18(11-14-5-3-2-4-6-14)7-8-19(13)12-15(20)17-9-16(21)22/h2-6,13H,7-12H2,1H3,(H,17,20)(H,21,22). The third kappa shape index (κ3) is 5.13. The molecule has 1 unspecified atom stereocenters. The van der Waals surface area contributed by atoms with Crippen LogP contribution in [0.2, 0.25) is 0 Å². The minimum absolute atomic E-state index is 0.231. The summed E-state index contributed by atoms with van der Waals surface area (Å²) >= 11 is 0. The summed E-state index contributed by atoms with van der Waals surface area (Å²) in [4.78, 5) is 26.6. The third-order valence-corrected chi connectivity index (χ3v) is 3.88. The molecule has 6 heteroatoms. The summed E-state index contributed by atoms with van der Waals surface area (Å²) < 4.78 is 0. The zero-order chi connectivity index (χ0) is 15.9. The van der Waals surface area contributed by atoms with E-state index in [0.29, 0.717) is 0 Å². The molecule has 1 aliphatic rings. The molecule has 0 spiro atoms. The quantitative estimate of drug-likeness (QED) is 0.795. The summed E-state index contributed by atoms with van der Waals surface area (Å²) in [6.45, 7) is 5.59. The summed E-state index contributed by atoms with van der Waals surface area (Å²) in [5.74, 6) is -1.25. The van der Waals surface area contributed by atoms with Gasteiger partial charge in [-0.25, -0.2) is 0 Å². The second-order valence-electron chi connectivity index (χ2n) is 5.71. The molecule has 0 saturated carbocycles.